The van der Waals surface area contributed by atoms with E-state index in [1.54, 1.807) is 11.8 Å². The van der Waals surface area contributed by atoms with Crippen LogP contribution in [0.1, 0.15) is 40.0 Å². The molecule has 0 amide bonds. The minimum atomic E-state index is -0.609. The molecule has 0 aliphatic heterocycles. The summed E-state index contributed by atoms with van der Waals surface area (Å²) in [7, 11) is 0. The molecule has 0 heterocycles. The maximum Gasteiger partial charge on any atom is 0.104 e. The standard InChI is InChI=1S/C13H26N2O2S/c1-11(2)15-13(3,10-14)6-4-5-7-18-9-12(17)8-16/h11-12,15-17H,4-9H2,1-3H3. The van der Waals surface area contributed by atoms with Gasteiger partial charge in [-0.15, -0.1) is 0 Å². The van der Waals surface area contributed by atoms with Crippen LogP contribution >= 0.6 is 11.8 Å². The summed E-state index contributed by atoms with van der Waals surface area (Å²) in [5, 5.41) is 30.3. The van der Waals surface area contributed by atoms with E-state index < -0.39 is 11.6 Å². The first-order valence-electron chi connectivity index (χ1n) is 6.49. The van der Waals surface area contributed by atoms with Gasteiger partial charge in [0, 0.05) is 11.8 Å². The van der Waals surface area contributed by atoms with Gasteiger partial charge in [0.15, 0.2) is 0 Å². The molecule has 4 nitrogen and oxygen atoms in total. The number of aliphatic hydroxyl groups excluding tert-OH is 2. The van der Waals surface area contributed by atoms with Crippen LogP contribution in [-0.2, 0) is 0 Å². The minimum Gasteiger partial charge on any atom is -0.394 e. The van der Waals surface area contributed by atoms with E-state index in [9.17, 15) is 0 Å². The molecule has 2 unspecified atom stereocenters. The SMILES string of the molecule is CC(C)NC(C)(C#N)CCCCSCC(O)CO. The number of aliphatic hydroxyl groups is 2. The molecule has 0 radical (unpaired) electrons. The van der Waals surface area contributed by atoms with Crippen molar-refractivity contribution in [2.75, 3.05) is 18.1 Å². The highest BCUT2D eigenvalue weighted by Gasteiger charge is 2.23. The van der Waals surface area contributed by atoms with Crippen LogP contribution in [0.15, 0.2) is 0 Å². The third-order valence-electron chi connectivity index (χ3n) is 2.59. The second-order valence-corrected chi connectivity index (χ2v) is 6.26. The maximum absolute atomic E-state index is 9.16. The zero-order chi connectivity index (χ0) is 14.0. The highest BCUT2D eigenvalue weighted by Crippen LogP contribution is 2.16. The van der Waals surface area contributed by atoms with Gasteiger partial charge in [-0.25, -0.2) is 0 Å². The van der Waals surface area contributed by atoms with Crippen molar-refractivity contribution in [1.82, 2.24) is 5.32 Å². The second-order valence-electron chi connectivity index (χ2n) is 5.11. The average Bonchev–Trinajstić information content (AvgIpc) is 2.32. The number of unbranched alkanes of at least 4 members (excludes halogenated alkanes) is 1. The first-order valence-corrected chi connectivity index (χ1v) is 7.64. The Labute approximate surface area is 115 Å². The molecular formula is C13H26N2O2S. The van der Waals surface area contributed by atoms with Gasteiger partial charge in [0.25, 0.3) is 0 Å². The van der Waals surface area contributed by atoms with Crippen molar-refractivity contribution in [1.29, 1.82) is 5.26 Å². The molecule has 106 valence electrons. The number of hydrogen-bond acceptors (Lipinski definition) is 5. The van der Waals surface area contributed by atoms with Crippen molar-refractivity contribution in [2.24, 2.45) is 0 Å². The molecule has 0 aromatic rings. The summed E-state index contributed by atoms with van der Waals surface area (Å²) in [5.41, 5.74) is -0.441. The summed E-state index contributed by atoms with van der Waals surface area (Å²) in [6, 6.07) is 2.65. The van der Waals surface area contributed by atoms with Gasteiger partial charge in [-0.05, 0) is 45.8 Å². The molecule has 0 bridgehead atoms. The normalized spacial score (nSPS) is 16.3. The van der Waals surface area contributed by atoms with Gasteiger partial charge in [0.05, 0.1) is 18.8 Å². The van der Waals surface area contributed by atoms with E-state index in [0.717, 1.165) is 25.0 Å². The summed E-state index contributed by atoms with van der Waals surface area (Å²) >= 11 is 1.64. The molecule has 0 saturated heterocycles. The molecule has 0 aromatic heterocycles. The van der Waals surface area contributed by atoms with Crippen molar-refractivity contribution in [2.45, 2.75) is 57.7 Å². The molecule has 0 aliphatic carbocycles. The van der Waals surface area contributed by atoms with E-state index in [-0.39, 0.29) is 6.61 Å². The lowest BCUT2D eigenvalue weighted by Gasteiger charge is -2.25. The van der Waals surface area contributed by atoms with Crippen LogP contribution in [0.4, 0.5) is 0 Å². The highest BCUT2D eigenvalue weighted by molar-refractivity contribution is 7.99. The fraction of sp³-hybridized carbons (Fsp3) is 0.923. The van der Waals surface area contributed by atoms with Gasteiger partial charge >= 0.3 is 0 Å². The molecule has 2 atom stereocenters. The van der Waals surface area contributed by atoms with Gasteiger partial charge in [0.2, 0.25) is 0 Å². The molecule has 0 saturated carbocycles. The van der Waals surface area contributed by atoms with Gasteiger partial charge in [0.1, 0.15) is 5.54 Å². The summed E-state index contributed by atoms with van der Waals surface area (Å²) in [4.78, 5) is 0. The smallest absolute Gasteiger partial charge is 0.104 e. The van der Waals surface area contributed by atoms with E-state index in [0.29, 0.717) is 11.8 Å². The molecule has 0 spiro atoms. The zero-order valence-electron chi connectivity index (χ0n) is 11.6. The van der Waals surface area contributed by atoms with Crippen LogP contribution in [0.25, 0.3) is 0 Å². The average molecular weight is 274 g/mol. The number of nitriles is 1. The van der Waals surface area contributed by atoms with Crippen LogP contribution < -0.4 is 5.32 Å². The molecule has 0 rings (SSSR count). The number of hydrogen-bond donors (Lipinski definition) is 3. The Morgan fingerprint density at radius 3 is 2.56 bits per heavy atom. The van der Waals surface area contributed by atoms with E-state index in [1.165, 1.54) is 0 Å². The summed E-state index contributed by atoms with van der Waals surface area (Å²) in [5.74, 6) is 1.54. The fourth-order valence-corrected chi connectivity index (χ4v) is 2.70. The molecular weight excluding hydrogens is 248 g/mol. The monoisotopic (exact) mass is 274 g/mol. The Morgan fingerprint density at radius 2 is 2.06 bits per heavy atom. The molecule has 0 fully saturated rings. The summed E-state index contributed by atoms with van der Waals surface area (Å²) < 4.78 is 0. The van der Waals surface area contributed by atoms with Crippen LogP contribution in [-0.4, -0.2) is 46.0 Å². The fourth-order valence-electron chi connectivity index (χ4n) is 1.75. The predicted octanol–water partition coefficient (Wildman–Crippen LogP) is 1.52. The summed E-state index contributed by atoms with van der Waals surface area (Å²) in [6.07, 6.45) is 2.25. The number of nitrogens with zero attached hydrogens (tertiary/aromatic N) is 1. The Kier molecular flexibility index (Phi) is 9.47. The molecule has 3 N–H and O–H groups in total. The third kappa shape index (κ3) is 8.76. The number of thioether (sulfide) groups is 1. The van der Waals surface area contributed by atoms with Crippen molar-refractivity contribution in [3.05, 3.63) is 0 Å². The van der Waals surface area contributed by atoms with Crippen LogP contribution in [0.2, 0.25) is 0 Å². The quantitative estimate of drug-likeness (QED) is 0.527. The molecule has 5 heteroatoms. The number of rotatable bonds is 10. The zero-order valence-corrected chi connectivity index (χ0v) is 12.5. The lowest BCUT2D eigenvalue weighted by Crippen LogP contribution is -2.44. The van der Waals surface area contributed by atoms with Crippen molar-refractivity contribution in [3.8, 4) is 6.07 Å². The van der Waals surface area contributed by atoms with Gasteiger partial charge in [-0.2, -0.15) is 17.0 Å². The lowest BCUT2D eigenvalue weighted by atomic mass is 9.96. The topological polar surface area (TPSA) is 76.3 Å². The predicted molar refractivity (Wildman–Crippen MR) is 76.6 cm³/mol. The van der Waals surface area contributed by atoms with Gasteiger partial charge < -0.3 is 10.2 Å². The Bertz CT molecular complexity index is 256. The minimum absolute atomic E-state index is 0.169. The van der Waals surface area contributed by atoms with Crippen LogP contribution in [0.3, 0.4) is 0 Å². The van der Waals surface area contributed by atoms with Gasteiger partial charge in [-0.1, -0.05) is 0 Å². The number of nitrogens with one attached hydrogen (secondary N) is 1. The van der Waals surface area contributed by atoms with Crippen LogP contribution in [0, 0.1) is 11.3 Å². The first-order chi connectivity index (χ1) is 8.43. The third-order valence-corrected chi connectivity index (χ3v) is 3.79. The van der Waals surface area contributed by atoms with Gasteiger partial charge in [-0.3, -0.25) is 5.32 Å². The van der Waals surface area contributed by atoms with Crippen molar-refractivity contribution in [3.63, 3.8) is 0 Å². The van der Waals surface area contributed by atoms with Crippen molar-refractivity contribution >= 4 is 11.8 Å². The lowest BCUT2D eigenvalue weighted by molar-refractivity contribution is 0.113. The van der Waals surface area contributed by atoms with Crippen molar-refractivity contribution < 1.29 is 10.2 Å². The molecule has 18 heavy (non-hydrogen) atoms. The van der Waals surface area contributed by atoms with E-state index >= 15 is 0 Å². The highest BCUT2D eigenvalue weighted by atomic mass is 32.2. The van der Waals surface area contributed by atoms with E-state index in [4.69, 9.17) is 15.5 Å². The van der Waals surface area contributed by atoms with Crippen LogP contribution in [0.5, 0.6) is 0 Å². The first kappa shape index (κ1) is 17.7. The summed E-state index contributed by atoms with van der Waals surface area (Å²) in [6.45, 7) is 5.86. The molecule has 0 aromatic carbocycles. The van der Waals surface area contributed by atoms with E-state index in [2.05, 4.69) is 11.4 Å². The Balaban J connectivity index is 3.66. The maximum atomic E-state index is 9.16. The second kappa shape index (κ2) is 9.62. The largest absolute Gasteiger partial charge is 0.394 e. The Hall–Kier alpha value is -0.280. The Morgan fingerprint density at radius 1 is 1.39 bits per heavy atom. The molecule has 0 aliphatic rings. The van der Waals surface area contributed by atoms with E-state index in [1.807, 2.05) is 20.8 Å².